The van der Waals surface area contributed by atoms with E-state index in [2.05, 4.69) is 15.2 Å². The molecule has 1 aliphatic heterocycles. The molecular weight excluding hydrogens is 346 g/mol. The number of aromatic nitrogens is 4. The molecule has 0 fully saturated rings. The van der Waals surface area contributed by atoms with Gasteiger partial charge in [0.1, 0.15) is 0 Å². The van der Waals surface area contributed by atoms with Crippen LogP contribution in [0.4, 0.5) is 5.69 Å². The molecule has 8 heteroatoms. The molecule has 0 aromatic carbocycles. The highest BCUT2D eigenvalue weighted by Crippen LogP contribution is 2.33. The highest BCUT2D eigenvalue weighted by molar-refractivity contribution is 6.10. The molecule has 3 aromatic heterocycles. The molecule has 1 amide bonds. The Bertz CT molecular complexity index is 1000. The number of H-pyrrole nitrogens is 1. The second-order valence-corrected chi connectivity index (χ2v) is 6.16. The van der Waals surface area contributed by atoms with Gasteiger partial charge in [-0.25, -0.2) is 4.98 Å². The van der Waals surface area contributed by atoms with E-state index in [1.165, 1.54) is 0 Å². The first kappa shape index (κ1) is 17.0. The minimum Gasteiger partial charge on any atom is -0.491 e. The number of nitrogens with zero attached hydrogens (tertiary/aromatic N) is 4. The number of fused-ring (bicyclic) bond motifs is 1. The highest BCUT2D eigenvalue weighted by atomic mass is 16.5. The maximum Gasteiger partial charge on any atom is 0.260 e. The van der Waals surface area contributed by atoms with Crippen LogP contribution in [0.5, 0.6) is 11.6 Å². The largest absolute Gasteiger partial charge is 0.491 e. The van der Waals surface area contributed by atoms with Crippen LogP contribution in [0.1, 0.15) is 28.5 Å². The van der Waals surface area contributed by atoms with Gasteiger partial charge in [-0.05, 0) is 31.5 Å². The molecule has 8 nitrogen and oxygen atoms in total. The third-order valence-electron chi connectivity index (χ3n) is 4.47. The molecule has 27 heavy (non-hydrogen) atoms. The summed E-state index contributed by atoms with van der Waals surface area (Å²) in [5, 5.41) is 6.66. The zero-order chi connectivity index (χ0) is 19.0. The van der Waals surface area contributed by atoms with Crippen molar-refractivity contribution in [3.63, 3.8) is 0 Å². The van der Waals surface area contributed by atoms with E-state index in [0.29, 0.717) is 30.3 Å². The number of anilines is 1. The van der Waals surface area contributed by atoms with Gasteiger partial charge < -0.3 is 9.47 Å². The van der Waals surface area contributed by atoms with Gasteiger partial charge in [-0.15, -0.1) is 0 Å². The molecule has 0 aliphatic carbocycles. The fourth-order valence-corrected chi connectivity index (χ4v) is 3.21. The number of amides is 1. The van der Waals surface area contributed by atoms with E-state index in [4.69, 9.17) is 14.5 Å². The molecule has 0 saturated heterocycles. The minimum atomic E-state index is -0.0645. The van der Waals surface area contributed by atoms with Gasteiger partial charge in [0.05, 0.1) is 49.1 Å². The van der Waals surface area contributed by atoms with Crippen LogP contribution in [0.15, 0.2) is 30.7 Å². The van der Waals surface area contributed by atoms with E-state index in [9.17, 15) is 4.79 Å². The second kappa shape index (κ2) is 6.71. The first-order valence-electron chi connectivity index (χ1n) is 8.60. The van der Waals surface area contributed by atoms with Gasteiger partial charge in [0.15, 0.2) is 5.75 Å². The maximum atomic E-state index is 12.8. The van der Waals surface area contributed by atoms with Crippen molar-refractivity contribution in [3.05, 3.63) is 47.5 Å². The molecule has 4 heterocycles. The topological polar surface area (TPSA) is 93.2 Å². The first-order valence-corrected chi connectivity index (χ1v) is 8.60. The van der Waals surface area contributed by atoms with E-state index in [1.54, 1.807) is 30.6 Å². The summed E-state index contributed by atoms with van der Waals surface area (Å²) in [6.07, 6.45) is 5.02. The van der Waals surface area contributed by atoms with Gasteiger partial charge >= 0.3 is 0 Å². The molecule has 3 aromatic rings. The van der Waals surface area contributed by atoms with Gasteiger partial charge in [0.25, 0.3) is 11.8 Å². The van der Waals surface area contributed by atoms with Gasteiger partial charge in [0, 0.05) is 18.0 Å². The van der Waals surface area contributed by atoms with Crippen molar-refractivity contribution < 1.29 is 14.3 Å². The molecule has 0 saturated carbocycles. The van der Waals surface area contributed by atoms with Crippen LogP contribution in [0.2, 0.25) is 0 Å². The molecule has 138 valence electrons. The van der Waals surface area contributed by atoms with Crippen LogP contribution in [-0.2, 0) is 6.54 Å². The number of hydrogen-bond donors (Lipinski definition) is 1. The number of hydrogen-bond acceptors (Lipinski definition) is 6. The number of aromatic amines is 1. The smallest absolute Gasteiger partial charge is 0.260 e. The van der Waals surface area contributed by atoms with Crippen molar-refractivity contribution in [1.82, 2.24) is 20.2 Å². The number of rotatable bonds is 5. The Hall–Kier alpha value is -3.42. The molecule has 1 N–H and O–H groups in total. The summed E-state index contributed by atoms with van der Waals surface area (Å²) in [5.41, 5.74) is 4.52. The summed E-state index contributed by atoms with van der Waals surface area (Å²) < 4.78 is 10.8. The van der Waals surface area contributed by atoms with Crippen LogP contribution < -0.4 is 14.4 Å². The van der Waals surface area contributed by atoms with Crippen molar-refractivity contribution in [3.8, 4) is 22.9 Å². The Morgan fingerprint density at radius 2 is 2.15 bits per heavy atom. The summed E-state index contributed by atoms with van der Waals surface area (Å²) in [6, 6.07) is 3.74. The molecule has 0 atom stereocenters. The summed E-state index contributed by atoms with van der Waals surface area (Å²) in [5.74, 6) is 0.929. The lowest BCUT2D eigenvalue weighted by molar-refractivity contribution is 0.0996. The zero-order valence-electron chi connectivity index (χ0n) is 15.3. The Kier molecular flexibility index (Phi) is 4.23. The lowest BCUT2D eigenvalue weighted by Gasteiger charge is -2.11. The predicted octanol–water partition coefficient (Wildman–Crippen LogP) is 2.74. The molecule has 1 aliphatic rings. The Morgan fingerprint density at radius 3 is 2.85 bits per heavy atom. The third kappa shape index (κ3) is 2.88. The maximum absolute atomic E-state index is 12.8. The summed E-state index contributed by atoms with van der Waals surface area (Å²) in [4.78, 5) is 23.5. The quantitative estimate of drug-likeness (QED) is 0.747. The Labute approximate surface area is 156 Å². The third-order valence-corrected chi connectivity index (χ3v) is 4.47. The normalized spacial score (nSPS) is 13.0. The number of aryl methyl sites for hydroxylation is 1. The van der Waals surface area contributed by atoms with E-state index in [1.807, 2.05) is 26.0 Å². The van der Waals surface area contributed by atoms with Crippen LogP contribution in [0.3, 0.4) is 0 Å². The molecule has 0 spiro atoms. The summed E-state index contributed by atoms with van der Waals surface area (Å²) in [7, 11) is 1.58. The fraction of sp³-hybridized carbons (Fsp3) is 0.263. The molecule has 0 unspecified atom stereocenters. The Balaban J connectivity index is 1.73. The lowest BCUT2D eigenvalue weighted by Crippen LogP contribution is -2.22. The summed E-state index contributed by atoms with van der Waals surface area (Å²) in [6.45, 7) is 4.72. The second-order valence-electron chi connectivity index (χ2n) is 6.16. The van der Waals surface area contributed by atoms with Gasteiger partial charge in [-0.1, -0.05) is 0 Å². The minimum absolute atomic E-state index is 0.0645. The standard InChI is InChI=1S/C19H19N5O3/c1-4-27-18-16(26-3)6-12(7-20-18)14-5-11(2)17-15(23-14)10-24(19(17)25)13-8-21-22-9-13/h5-9H,4,10H2,1-3H3,(H,21,22). The molecule has 0 bridgehead atoms. The van der Waals surface area contributed by atoms with Crippen LogP contribution in [0, 0.1) is 6.92 Å². The predicted molar refractivity (Wildman–Crippen MR) is 99.0 cm³/mol. The number of carbonyl (C=O) groups is 1. The monoisotopic (exact) mass is 365 g/mol. The van der Waals surface area contributed by atoms with Gasteiger partial charge in [-0.2, -0.15) is 5.10 Å². The highest BCUT2D eigenvalue weighted by Gasteiger charge is 2.32. The van der Waals surface area contributed by atoms with E-state index >= 15 is 0 Å². The lowest BCUT2D eigenvalue weighted by atomic mass is 10.1. The van der Waals surface area contributed by atoms with Crippen molar-refractivity contribution in [2.45, 2.75) is 20.4 Å². The Morgan fingerprint density at radius 1 is 1.30 bits per heavy atom. The van der Waals surface area contributed by atoms with Crippen molar-refractivity contribution >= 4 is 11.6 Å². The first-order chi connectivity index (χ1) is 13.1. The van der Waals surface area contributed by atoms with E-state index in [-0.39, 0.29) is 5.91 Å². The fourth-order valence-electron chi connectivity index (χ4n) is 3.21. The number of methoxy groups -OCH3 is 1. The number of carbonyl (C=O) groups excluding carboxylic acids is 1. The van der Waals surface area contributed by atoms with Crippen LogP contribution >= 0.6 is 0 Å². The molecule has 4 rings (SSSR count). The van der Waals surface area contributed by atoms with Gasteiger partial charge in [-0.3, -0.25) is 19.8 Å². The van der Waals surface area contributed by atoms with Crippen molar-refractivity contribution in [2.24, 2.45) is 0 Å². The molecular formula is C19H19N5O3. The van der Waals surface area contributed by atoms with Crippen molar-refractivity contribution in [2.75, 3.05) is 18.6 Å². The van der Waals surface area contributed by atoms with E-state index < -0.39 is 0 Å². The molecule has 0 radical (unpaired) electrons. The van der Waals surface area contributed by atoms with Crippen molar-refractivity contribution in [1.29, 1.82) is 0 Å². The van der Waals surface area contributed by atoms with E-state index in [0.717, 1.165) is 28.2 Å². The van der Waals surface area contributed by atoms with Crippen LogP contribution in [-0.4, -0.2) is 39.8 Å². The number of ether oxygens (including phenoxy) is 2. The van der Waals surface area contributed by atoms with Gasteiger partial charge in [0.2, 0.25) is 0 Å². The SMILES string of the molecule is CCOc1ncc(-c2cc(C)c3c(n2)CN(c2cn[nH]c2)C3=O)cc1OC. The number of pyridine rings is 2. The summed E-state index contributed by atoms with van der Waals surface area (Å²) >= 11 is 0. The zero-order valence-corrected chi connectivity index (χ0v) is 15.3. The van der Waals surface area contributed by atoms with Crippen LogP contribution in [0.25, 0.3) is 11.3 Å². The average Bonchev–Trinajstić information content (AvgIpc) is 3.30. The number of nitrogens with one attached hydrogen (secondary N) is 1. The average molecular weight is 365 g/mol.